The maximum Gasteiger partial charge on any atom is 0.521 e. The van der Waals surface area contributed by atoms with Gasteiger partial charge in [-0.1, -0.05) is 35.9 Å². The molecule has 1 aromatic rings. The Bertz CT molecular complexity index is 649. The SMILES string of the molecule is C[C@@H]1CCC[N+]1(C(=O)O)C(=O)CCC1=Cc2ccccc2C1. The lowest BCUT2D eigenvalue weighted by molar-refractivity contribution is -0.792. The van der Waals surface area contributed by atoms with Crippen LogP contribution >= 0.6 is 0 Å². The highest BCUT2D eigenvalue weighted by molar-refractivity contribution is 5.81. The van der Waals surface area contributed by atoms with E-state index in [1.54, 1.807) is 0 Å². The molecule has 4 nitrogen and oxygen atoms in total. The maximum absolute atomic E-state index is 12.6. The number of likely N-dealkylation sites (tertiary alicyclic amines) is 1. The number of fused-ring (bicyclic) bond motifs is 1. The maximum atomic E-state index is 12.6. The van der Waals surface area contributed by atoms with Crippen molar-refractivity contribution in [2.45, 2.75) is 45.1 Å². The summed E-state index contributed by atoms with van der Waals surface area (Å²) in [5.74, 6) is -0.144. The summed E-state index contributed by atoms with van der Waals surface area (Å²) < 4.78 is -0.375. The van der Waals surface area contributed by atoms with E-state index >= 15 is 0 Å². The zero-order valence-electron chi connectivity index (χ0n) is 12.9. The monoisotopic (exact) mass is 300 g/mol. The Hall–Kier alpha value is -1.94. The first-order valence-electron chi connectivity index (χ1n) is 7.96. The second-order valence-electron chi connectivity index (χ2n) is 6.44. The van der Waals surface area contributed by atoms with Gasteiger partial charge < -0.3 is 5.11 Å². The molecule has 2 atom stereocenters. The topological polar surface area (TPSA) is 54.4 Å². The number of carboxylic acid groups (broad SMARTS) is 1. The van der Waals surface area contributed by atoms with Crippen molar-refractivity contribution in [3.63, 3.8) is 0 Å². The van der Waals surface area contributed by atoms with Crippen LogP contribution in [0, 0.1) is 0 Å². The quantitative estimate of drug-likeness (QED) is 0.868. The van der Waals surface area contributed by atoms with Gasteiger partial charge in [0.1, 0.15) is 6.04 Å². The molecule has 4 heteroatoms. The molecule has 116 valence electrons. The Kier molecular flexibility index (Phi) is 3.87. The summed E-state index contributed by atoms with van der Waals surface area (Å²) >= 11 is 0. The molecule has 1 aliphatic carbocycles. The van der Waals surface area contributed by atoms with E-state index in [4.69, 9.17) is 0 Å². The number of quaternary nitrogens is 1. The van der Waals surface area contributed by atoms with E-state index in [1.165, 1.54) is 16.7 Å². The average molecular weight is 300 g/mol. The fourth-order valence-corrected chi connectivity index (χ4v) is 3.82. The molecule has 1 N–H and O–H groups in total. The summed E-state index contributed by atoms with van der Waals surface area (Å²) in [5.41, 5.74) is 3.74. The summed E-state index contributed by atoms with van der Waals surface area (Å²) in [6.07, 6.45) is 4.63. The molecule has 3 rings (SSSR count). The normalized spacial score (nSPS) is 26.6. The van der Waals surface area contributed by atoms with Crippen molar-refractivity contribution >= 4 is 18.1 Å². The van der Waals surface area contributed by atoms with Crippen molar-refractivity contribution < 1.29 is 19.2 Å². The van der Waals surface area contributed by atoms with Crippen molar-refractivity contribution in [3.8, 4) is 0 Å². The lowest BCUT2D eigenvalue weighted by Gasteiger charge is -2.29. The van der Waals surface area contributed by atoms with E-state index in [1.807, 2.05) is 19.1 Å². The van der Waals surface area contributed by atoms with Crippen LogP contribution in [0.4, 0.5) is 4.79 Å². The molecular formula is C18H22NO3+. The molecule has 0 aromatic heterocycles. The lowest BCUT2D eigenvalue weighted by Crippen LogP contribution is -2.58. The summed E-state index contributed by atoms with van der Waals surface area (Å²) in [6.45, 7) is 2.32. The molecule has 0 saturated carbocycles. The van der Waals surface area contributed by atoms with E-state index in [-0.39, 0.29) is 16.4 Å². The van der Waals surface area contributed by atoms with Crippen molar-refractivity contribution in [2.24, 2.45) is 0 Å². The molecule has 2 aliphatic rings. The predicted octanol–water partition coefficient (Wildman–Crippen LogP) is 3.61. The van der Waals surface area contributed by atoms with Crippen LogP contribution in [0.3, 0.4) is 0 Å². The highest BCUT2D eigenvalue weighted by Gasteiger charge is 2.52. The Labute approximate surface area is 130 Å². The van der Waals surface area contributed by atoms with Crippen LogP contribution in [0.5, 0.6) is 0 Å². The van der Waals surface area contributed by atoms with E-state index in [2.05, 4.69) is 18.2 Å². The van der Waals surface area contributed by atoms with Gasteiger partial charge in [0, 0.05) is 12.8 Å². The Morgan fingerprint density at radius 2 is 2.09 bits per heavy atom. The van der Waals surface area contributed by atoms with Gasteiger partial charge in [-0.3, -0.25) is 0 Å². The highest BCUT2D eigenvalue weighted by atomic mass is 16.4. The highest BCUT2D eigenvalue weighted by Crippen LogP contribution is 2.31. The van der Waals surface area contributed by atoms with Crippen molar-refractivity contribution in [1.82, 2.24) is 0 Å². The van der Waals surface area contributed by atoms with Gasteiger partial charge in [0.05, 0.1) is 13.0 Å². The van der Waals surface area contributed by atoms with E-state index in [0.29, 0.717) is 19.4 Å². The lowest BCUT2D eigenvalue weighted by atomic mass is 10.1. The minimum Gasteiger partial charge on any atom is -0.435 e. The Balaban J connectivity index is 1.67. The molecule has 1 fully saturated rings. The smallest absolute Gasteiger partial charge is 0.435 e. The number of carbonyl (C=O) groups excluding carboxylic acids is 1. The Morgan fingerprint density at radius 1 is 1.32 bits per heavy atom. The third kappa shape index (κ3) is 2.37. The zero-order chi connectivity index (χ0) is 15.7. The standard InChI is InChI=1S/C18H21NO3/c1-13-5-4-10-19(13,18(21)22)17(20)9-8-14-11-15-6-2-3-7-16(15)12-14/h2-3,6-7,11,13H,4-5,8-10,12H2,1H3/p+1/t13-,19?/m1/s1. The summed E-state index contributed by atoms with van der Waals surface area (Å²) in [4.78, 5) is 24.3. The average Bonchev–Trinajstić information content (AvgIpc) is 3.08. The molecule has 0 bridgehead atoms. The van der Waals surface area contributed by atoms with Crippen molar-refractivity contribution in [3.05, 3.63) is 41.0 Å². The number of benzene rings is 1. The molecule has 1 heterocycles. The predicted molar refractivity (Wildman–Crippen MR) is 84.2 cm³/mol. The van der Waals surface area contributed by atoms with Gasteiger partial charge in [-0.2, -0.15) is 9.28 Å². The molecule has 0 radical (unpaired) electrons. The molecule has 1 saturated heterocycles. The first-order valence-corrected chi connectivity index (χ1v) is 7.96. The number of hydrogen-bond acceptors (Lipinski definition) is 2. The minimum atomic E-state index is -0.987. The molecule has 22 heavy (non-hydrogen) atoms. The molecule has 1 aliphatic heterocycles. The number of amides is 2. The van der Waals surface area contributed by atoms with Crippen LogP contribution in [0.1, 0.15) is 43.7 Å². The van der Waals surface area contributed by atoms with Crippen molar-refractivity contribution in [1.29, 1.82) is 0 Å². The van der Waals surface area contributed by atoms with Gasteiger partial charge in [0.15, 0.2) is 0 Å². The zero-order valence-corrected chi connectivity index (χ0v) is 12.9. The van der Waals surface area contributed by atoms with Gasteiger partial charge in [-0.05, 0) is 30.9 Å². The summed E-state index contributed by atoms with van der Waals surface area (Å²) in [5, 5.41) is 9.58. The third-order valence-electron chi connectivity index (χ3n) is 5.16. The first kappa shape index (κ1) is 15.0. The van der Waals surface area contributed by atoms with Gasteiger partial charge in [0.25, 0.3) is 0 Å². The van der Waals surface area contributed by atoms with Crippen LogP contribution in [0.2, 0.25) is 0 Å². The first-order chi connectivity index (χ1) is 10.5. The van der Waals surface area contributed by atoms with E-state index in [9.17, 15) is 14.7 Å². The van der Waals surface area contributed by atoms with Crippen molar-refractivity contribution in [2.75, 3.05) is 6.54 Å². The second kappa shape index (κ2) is 5.69. The van der Waals surface area contributed by atoms with Crippen LogP contribution < -0.4 is 0 Å². The number of hydrogen-bond donors (Lipinski definition) is 1. The third-order valence-corrected chi connectivity index (χ3v) is 5.16. The van der Waals surface area contributed by atoms with Gasteiger partial charge in [-0.25, -0.2) is 4.79 Å². The van der Waals surface area contributed by atoms with Crippen LogP contribution in [-0.4, -0.2) is 34.2 Å². The number of imide groups is 1. The van der Waals surface area contributed by atoms with Gasteiger partial charge in [0.2, 0.25) is 0 Å². The van der Waals surface area contributed by atoms with E-state index in [0.717, 1.165) is 19.3 Å². The molecule has 1 unspecified atom stereocenters. The molecular weight excluding hydrogens is 278 g/mol. The fourth-order valence-electron chi connectivity index (χ4n) is 3.82. The van der Waals surface area contributed by atoms with Gasteiger partial charge in [-0.15, -0.1) is 0 Å². The van der Waals surface area contributed by atoms with E-state index < -0.39 is 6.09 Å². The largest absolute Gasteiger partial charge is 0.521 e. The number of nitrogens with zero attached hydrogens (tertiary/aromatic N) is 1. The van der Waals surface area contributed by atoms with Crippen LogP contribution in [0.15, 0.2) is 29.8 Å². The van der Waals surface area contributed by atoms with Crippen LogP contribution in [0.25, 0.3) is 6.08 Å². The summed E-state index contributed by atoms with van der Waals surface area (Å²) in [7, 11) is 0. The molecule has 1 aromatic carbocycles. The minimum absolute atomic E-state index is 0.111. The number of allylic oxidation sites excluding steroid dienone is 1. The van der Waals surface area contributed by atoms with Gasteiger partial charge >= 0.3 is 12.0 Å². The number of rotatable bonds is 3. The summed E-state index contributed by atoms with van der Waals surface area (Å²) in [6, 6.07) is 8.11. The second-order valence-corrected chi connectivity index (χ2v) is 6.44. The Morgan fingerprint density at radius 3 is 2.73 bits per heavy atom. The molecule has 2 amide bonds. The fraction of sp³-hybridized carbons (Fsp3) is 0.444. The number of carbonyl (C=O) groups is 2. The molecule has 0 spiro atoms. The van der Waals surface area contributed by atoms with Crippen LogP contribution in [-0.2, 0) is 11.2 Å².